The number of hydrogen-bond acceptors (Lipinski definition) is 4. The SMILES string of the molecule is CC1(C)c2ccc(-c3ccc(-c4nc(-c5cccc(-c6cccc(-c7ccccc7)c6)c5)nc(-c5cccc(-c6cccc(-c7ccccc7)c6)c5)n4)cn3)cc2C(C)(C)C1(F)F. The molecule has 7 aromatic carbocycles. The van der Waals surface area contributed by atoms with Crippen LogP contribution in [0, 0.1) is 0 Å². The minimum atomic E-state index is -2.91. The van der Waals surface area contributed by atoms with Crippen molar-refractivity contribution in [3.63, 3.8) is 0 Å². The van der Waals surface area contributed by atoms with E-state index in [0.29, 0.717) is 39.9 Å². The number of halogens is 2. The van der Waals surface area contributed by atoms with Gasteiger partial charge >= 0.3 is 0 Å². The second-order valence-electron chi connectivity index (χ2n) is 17.4. The van der Waals surface area contributed by atoms with E-state index < -0.39 is 16.8 Å². The molecule has 0 unspecified atom stereocenters. The normalized spacial score (nSPS) is 14.6. The molecular formula is C57H44F2N4. The van der Waals surface area contributed by atoms with Crippen LogP contribution in [0.25, 0.3) is 89.9 Å². The van der Waals surface area contributed by atoms with Crippen molar-refractivity contribution >= 4 is 0 Å². The average Bonchev–Trinajstić information content (AvgIpc) is 3.44. The molecule has 0 saturated heterocycles. The molecule has 10 rings (SSSR count). The highest BCUT2D eigenvalue weighted by atomic mass is 19.3. The molecule has 0 saturated carbocycles. The predicted octanol–water partition coefficient (Wildman–Crippen LogP) is 14.8. The molecule has 0 amide bonds. The fourth-order valence-electron chi connectivity index (χ4n) is 9.04. The van der Waals surface area contributed by atoms with Crippen LogP contribution < -0.4 is 0 Å². The molecular weight excluding hydrogens is 779 g/mol. The Labute approximate surface area is 367 Å². The Balaban J connectivity index is 1.05. The highest BCUT2D eigenvalue weighted by molar-refractivity contribution is 5.79. The summed E-state index contributed by atoms with van der Waals surface area (Å²) in [6.45, 7) is 6.52. The topological polar surface area (TPSA) is 51.6 Å². The predicted molar refractivity (Wildman–Crippen MR) is 252 cm³/mol. The van der Waals surface area contributed by atoms with E-state index in [1.807, 2.05) is 66.7 Å². The third-order valence-corrected chi connectivity index (χ3v) is 12.7. The molecule has 1 aliphatic carbocycles. The lowest BCUT2D eigenvalue weighted by Crippen LogP contribution is -2.46. The van der Waals surface area contributed by atoms with E-state index in [2.05, 4.69) is 121 Å². The number of nitrogens with zero attached hydrogens (tertiary/aromatic N) is 4. The summed E-state index contributed by atoms with van der Waals surface area (Å²) < 4.78 is 31.4. The first-order valence-electron chi connectivity index (χ1n) is 21.2. The van der Waals surface area contributed by atoms with E-state index in [1.54, 1.807) is 33.9 Å². The van der Waals surface area contributed by atoms with Crippen molar-refractivity contribution in [2.75, 3.05) is 0 Å². The molecule has 306 valence electrons. The Morgan fingerprint density at radius 1 is 0.317 bits per heavy atom. The third-order valence-electron chi connectivity index (χ3n) is 12.7. The van der Waals surface area contributed by atoms with Crippen molar-refractivity contribution in [3.05, 3.63) is 205 Å². The van der Waals surface area contributed by atoms with E-state index in [1.165, 1.54) is 0 Å². The molecule has 9 aromatic rings. The number of fused-ring (bicyclic) bond motifs is 1. The van der Waals surface area contributed by atoms with Crippen LogP contribution in [-0.4, -0.2) is 25.9 Å². The molecule has 1 aliphatic rings. The minimum absolute atomic E-state index is 0.471. The monoisotopic (exact) mass is 822 g/mol. The minimum Gasteiger partial charge on any atom is -0.255 e. The molecule has 2 heterocycles. The van der Waals surface area contributed by atoms with Crippen molar-refractivity contribution in [1.29, 1.82) is 0 Å². The summed E-state index contributed by atoms with van der Waals surface area (Å²) in [5.41, 5.74) is 11.4. The Kier molecular flexibility index (Phi) is 9.75. The van der Waals surface area contributed by atoms with Gasteiger partial charge in [0.15, 0.2) is 17.5 Å². The largest absolute Gasteiger partial charge is 0.266 e. The van der Waals surface area contributed by atoms with E-state index in [0.717, 1.165) is 61.2 Å². The van der Waals surface area contributed by atoms with Gasteiger partial charge in [-0.15, -0.1) is 0 Å². The summed E-state index contributed by atoms with van der Waals surface area (Å²) in [6.07, 6.45) is 1.76. The lowest BCUT2D eigenvalue weighted by molar-refractivity contribution is -0.105. The van der Waals surface area contributed by atoms with Gasteiger partial charge in [0.05, 0.1) is 16.5 Å². The number of rotatable bonds is 8. The molecule has 0 N–H and O–H groups in total. The summed E-state index contributed by atoms with van der Waals surface area (Å²) in [4.78, 5) is 20.2. The molecule has 0 spiro atoms. The molecule has 0 aliphatic heterocycles. The fourth-order valence-corrected chi connectivity index (χ4v) is 9.04. The van der Waals surface area contributed by atoms with Crippen LogP contribution in [0.3, 0.4) is 0 Å². The average molecular weight is 823 g/mol. The van der Waals surface area contributed by atoms with Gasteiger partial charge in [0, 0.05) is 28.5 Å². The van der Waals surface area contributed by atoms with Crippen molar-refractivity contribution < 1.29 is 8.78 Å². The summed E-state index contributed by atoms with van der Waals surface area (Å²) in [6, 6.07) is 63.9. The second kappa shape index (κ2) is 15.5. The van der Waals surface area contributed by atoms with Gasteiger partial charge in [-0.2, -0.15) is 0 Å². The molecule has 63 heavy (non-hydrogen) atoms. The van der Waals surface area contributed by atoms with Crippen LogP contribution in [0.4, 0.5) is 8.78 Å². The van der Waals surface area contributed by atoms with Crippen molar-refractivity contribution in [3.8, 4) is 89.9 Å². The van der Waals surface area contributed by atoms with Crippen molar-refractivity contribution in [2.45, 2.75) is 44.4 Å². The number of aromatic nitrogens is 4. The summed E-state index contributed by atoms with van der Waals surface area (Å²) in [5, 5.41) is 0. The Hall–Kier alpha value is -7.44. The summed E-state index contributed by atoms with van der Waals surface area (Å²) in [5.74, 6) is -1.38. The quantitative estimate of drug-likeness (QED) is 0.153. The highest BCUT2D eigenvalue weighted by Crippen LogP contribution is 2.59. The number of pyridine rings is 1. The van der Waals surface area contributed by atoms with Gasteiger partial charge in [-0.05, 0) is 126 Å². The lowest BCUT2D eigenvalue weighted by atomic mass is 9.77. The molecule has 4 nitrogen and oxygen atoms in total. The van der Waals surface area contributed by atoms with Crippen LogP contribution in [0.1, 0.15) is 38.8 Å². The standard InChI is InChI=1S/C57H44F2N4/c1-55(2)49-29-27-45(35-50(49)56(3,4)57(55,58)59)51-30-28-48(36-60-51)54-62-52(46-25-13-23-43(33-46)41-21-11-19-39(31-41)37-15-7-5-8-16-37)61-53(63-54)47-26-14-24-44(34-47)42-22-12-20-40(32-42)38-17-9-6-10-18-38/h5-36H,1-4H3. The zero-order valence-electron chi connectivity index (χ0n) is 35.5. The van der Waals surface area contributed by atoms with Crippen LogP contribution >= 0.6 is 0 Å². The first-order chi connectivity index (χ1) is 30.5. The van der Waals surface area contributed by atoms with E-state index in [-0.39, 0.29) is 0 Å². The van der Waals surface area contributed by atoms with Gasteiger partial charge < -0.3 is 0 Å². The zero-order chi connectivity index (χ0) is 43.3. The highest BCUT2D eigenvalue weighted by Gasteiger charge is 2.65. The smallest absolute Gasteiger partial charge is 0.255 e. The number of hydrogen-bond donors (Lipinski definition) is 0. The third kappa shape index (κ3) is 7.11. The number of benzene rings is 7. The van der Waals surface area contributed by atoms with E-state index in [9.17, 15) is 0 Å². The van der Waals surface area contributed by atoms with Gasteiger partial charge in [-0.25, -0.2) is 23.7 Å². The first-order valence-corrected chi connectivity index (χ1v) is 21.2. The zero-order valence-corrected chi connectivity index (χ0v) is 35.5. The van der Waals surface area contributed by atoms with Crippen LogP contribution in [0.2, 0.25) is 0 Å². The van der Waals surface area contributed by atoms with Crippen LogP contribution in [-0.2, 0) is 10.8 Å². The molecule has 2 aromatic heterocycles. The number of alkyl halides is 2. The second-order valence-corrected chi connectivity index (χ2v) is 17.4. The fraction of sp³-hybridized carbons (Fsp3) is 0.123. The summed E-state index contributed by atoms with van der Waals surface area (Å²) in [7, 11) is 0. The van der Waals surface area contributed by atoms with Gasteiger partial charge in [0.2, 0.25) is 0 Å². The molecule has 0 bridgehead atoms. The maximum atomic E-state index is 15.7. The lowest BCUT2D eigenvalue weighted by Gasteiger charge is -2.35. The Bertz CT molecular complexity index is 3000. The molecule has 0 fully saturated rings. The van der Waals surface area contributed by atoms with Gasteiger partial charge in [-0.3, -0.25) is 4.98 Å². The van der Waals surface area contributed by atoms with Gasteiger partial charge in [-0.1, -0.05) is 146 Å². The van der Waals surface area contributed by atoms with Gasteiger partial charge in [0.1, 0.15) is 0 Å². The molecule has 0 atom stereocenters. The van der Waals surface area contributed by atoms with E-state index in [4.69, 9.17) is 19.9 Å². The molecule has 6 heteroatoms. The Morgan fingerprint density at radius 2 is 0.683 bits per heavy atom. The van der Waals surface area contributed by atoms with Crippen molar-refractivity contribution in [2.24, 2.45) is 0 Å². The van der Waals surface area contributed by atoms with Gasteiger partial charge in [0.25, 0.3) is 5.92 Å². The van der Waals surface area contributed by atoms with Crippen LogP contribution in [0.5, 0.6) is 0 Å². The first kappa shape index (κ1) is 39.7. The van der Waals surface area contributed by atoms with E-state index >= 15 is 8.78 Å². The Morgan fingerprint density at radius 3 is 1.13 bits per heavy atom. The summed E-state index contributed by atoms with van der Waals surface area (Å²) >= 11 is 0. The maximum Gasteiger partial charge on any atom is 0.266 e. The van der Waals surface area contributed by atoms with Crippen molar-refractivity contribution in [1.82, 2.24) is 19.9 Å². The van der Waals surface area contributed by atoms with Crippen LogP contribution in [0.15, 0.2) is 194 Å². The maximum absolute atomic E-state index is 15.7. The molecule has 0 radical (unpaired) electrons.